The summed E-state index contributed by atoms with van der Waals surface area (Å²) in [5, 5.41) is 7.58. The number of fused-ring (bicyclic) bond motifs is 2. The smallest absolute Gasteiger partial charge is 0.292 e. The van der Waals surface area contributed by atoms with E-state index in [1.165, 1.54) is 12.8 Å². The van der Waals surface area contributed by atoms with E-state index in [1.807, 2.05) is 30.1 Å². The van der Waals surface area contributed by atoms with Crippen molar-refractivity contribution in [2.75, 3.05) is 7.05 Å². The van der Waals surface area contributed by atoms with Crippen molar-refractivity contribution in [3.63, 3.8) is 0 Å². The van der Waals surface area contributed by atoms with Crippen molar-refractivity contribution in [1.29, 1.82) is 0 Å². The summed E-state index contributed by atoms with van der Waals surface area (Å²) in [6, 6.07) is 8.62. The first-order valence-corrected chi connectivity index (χ1v) is 8.12. The summed E-state index contributed by atoms with van der Waals surface area (Å²) >= 11 is 0. The molecule has 4 rings (SSSR count). The molecule has 0 aromatic carbocycles. The van der Waals surface area contributed by atoms with Crippen LogP contribution in [-0.4, -0.2) is 46.1 Å². The van der Waals surface area contributed by atoms with Crippen LogP contribution in [0.2, 0.25) is 0 Å². The lowest BCUT2D eigenvalue weighted by Gasteiger charge is -2.35. The Morgan fingerprint density at radius 2 is 1.92 bits per heavy atom. The van der Waals surface area contributed by atoms with E-state index in [9.17, 15) is 4.79 Å². The first-order chi connectivity index (χ1) is 11.2. The summed E-state index contributed by atoms with van der Waals surface area (Å²) in [5.74, 6) is 0.171. The second kappa shape index (κ2) is 8.17. The van der Waals surface area contributed by atoms with Crippen molar-refractivity contribution in [2.24, 2.45) is 0 Å². The number of halogens is 2. The molecule has 1 N–H and O–H groups in total. The Labute approximate surface area is 159 Å². The van der Waals surface area contributed by atoms with Crippen LogP contribution >= 0.6 is 24.8 Å². The third kappa shape index (κ3) is 3.97. The Morgan fingerprint density at radius 1 is 1.20 bits per heavy atom. The van der Waals surface area contributed by atoms with Crippen LogP contribution in [0.5, 0.6) is 0 Å². The summed E-state index contributed by atoms with van der Waals surface area (Å²) in [6.45, 7) is 0. The van der Waals surface area contributed by atoms with Crippen LogP contribution < -0.4 is 5.32 Å². The minimum Gasteiger partial charge on any atom is -0.350 e. The van der Waals surface area contributed by atoms with Gasteiger partial charge in [-0.25, -0.2) is 0 Å². The lowest BCUT2D eigenvalue weighted by Crippen LogP contribution is -2.48. The van der Waals surface area contributed by atoms with Crippen molar-refractivity contribution in [1.82, 2.24) is 20.4 Å². The zero-order chi connectivity index (χ0) is 15.8. The van der Waals surface area contributed by atoms with E-state index in [-0.39, 0.29) is 42.5 Å². The van der Waals surface area contributed by atoms with Crippen LogP contribution in [0.4, 0.5) is 0 Å². The van der Waals surface area contributed by atoms with Crippen LogP contribution in [0, 0.1) is 0 Å². The molecule has 0 radical (unpaired) electrons. The van der Waals surface area contributed by atoms with Crippen molar-refractivity contribution >= 4 is 30.7 Å². The second-order valence-corrected chi connectivity index (χ2v) is 6.47. The molecule has 0 spiro atoms. The van der Waals surface area contributed by atoms with E-state index in [1.54, 1.807) is 12.3 Å². The molecule has 2 bridgehead atoms. The van der Waals surface area contributed by atoms with E-state index < -0.39 is 0 Å². The standard InChI is InChI=1S/C17H20N4O2.2ClH/c1-21(13-8-11-5-6-12(9-13)19-11)17(22)16-10-15(20-23-16)14-4-2-3-7-18-14;;/h2-4,7,10-13,19H,5-6,8-9H2,1H3;2*1H. The van der Waals surface area contributed by atoms with Crippen molar-refractivity contribution in [2.45, 2.75) is 43.8 Å². The maximum atomic E-state index is 12.7. The van der Waals surface area contributed by atoms with E-state index in [0.717, 1.165) is 12.8 Å². The van der Waals surface area contributed by atoms with Gasteiger partial charge in [0, 0.05) is 37.4 Å². The fourth-order valence-electron chi connectivity index (χ4n) is 3.69. The summed E-state index contributed by atoms with van der Waals surface area (Å²) in [5.41, 5.74) is 1.30. The summed E-state index contributed by atoms with van der Waals surface area (Å²) < 4.78 is 5.27. The lowest BCUT2D eigenvalue weighted by molar-refractivity contribution is 0.0640. The molecular formula is C17H22Cl2N4O2. The molecule has 4 heterocycles. The van der Waals surface area contributed by atoms with Crippen LogP contribution in [-0.2, 0) is 0 Å². The average molecular weight is 385 g/mol. The van der Waals surface area contributed by atoms with E-state index >= 15 is 0 Å². The van der Waals surface area contributed by atoms with Gasteiger partial charge in [0.15, 0.2) is 0 Å². The molecule has 0 aliphatic carbocycles. The molecule has 2 fully saturated rings. The van der Waals surface area contributed by atoms with E-state index in [4.69, 9.17) is 4.52 Å². The topological polar surface area (TPSA) is 71.3 Å². The van der Waals surface area contributed by atoms with Crippen LogP contribution in [0.15, 0.2) is 35.0 Å². The zero-order valence-electron chi connectivity index (χ0n) is 13.9. The fourth-order valence-corrected chi connectivity index (χ4v) is 3.69. The Kier molecular flexibility index (Phi) is 6.43. The van der Waals surface area contributed by atoms with Crippen molar-refractivity contribution in [3.8, 4) is 11.4 Å². The summed E-state index contributed by atoms with van der Waals surface area (Å²) in [4.78, 5) is 18.7. The molecule has 0 saturated carbocycles. The number of nitrogens with one attached hydrogen (secondary N) is 1. The van der Waals surface area contributed by atoms with Gasteiger partial charge in [0.05, 0.1) is 5.69 Å². The molecule has 8 heteroatoms. The monoisotopic (exact) mass is 384 g/mol. The van der Waals surface area contributed by atoms with Crippen LogP contribution in [0.3, 0.4) is 0 Å². The van der Waals surface area contributed by atoms with Gasteiger partial charge in [-0.05, 0) is 37.8 Å². The molecule has 2 saturated heterocycles. The highest BCUT2D eigenvalue weighted by Crippen LogP contribution is 2.30. The molecule has 2 aliphatic heterocycles. The molecule has 2 aliphatic rings. The first kappa shape index (κ1) is 19.7. The summed E-state index contributed by atoms with van der Waals surface area (Å²) in [6.07, 6.45) is 6.16. The quantitative estimate of drug-likeness (QED) is 0.880. The van der Waals surface area contributed by atoms with Gasteiger partial charge in [0.1, 0.15) is 5.69 Å². The number of nitrogens with zero attached hydrogens (tertiary/aromatic N) is 3. The highest BCUT2D eigenvalue weighted by molar-refractivity contribution is 5.92. The molecule has 136 valence electrons. The third-order valence-electron chi connectivity index (χ3n) is 4.96. The Bertz CT molecular complexity index is 698. The van der Waals surface area contributed by atoms with Gasteiger partial charge in [-0.15, -0.1) is 24.8 Å². The molecule has 1 amide bonds. The van der Waals surface area contributed by atoms with Gasteiger partial charge in [0.2, 0.25) is 5.76 Å². The number of piperidine rings is 1. The Hall–Kier alpha value is -1.63. The number of aromatic nitrogens is 2. The number of hydrogen-bond acceptors (Lipinski definition) is 5. The van der Waals surface area contributed by atoms with Gasteiger partial charge in [-0.1, -0.05) is 11.2 Å². The van der Waals surface area contributed by atoms with E-state index in [2.05, 4.69) is 15.5 Å². The van der Waals surface area contributed by atoms with Crippen LogP contribution in [0.25, 0.3) is 11.4 Å². The van der Waals surface area contributed by atoms with Gasteiger partial charge < -0.3 is 14.7 Å². The summed E-state index contributed by atoms with van der Waals surface area (Å²) in [7, 11) is 1.86. The van der Waals surface area contributed by atoms with Crippen molar-refractivity contribution in [3.05, 3.63) is 36.2 Å². The van der Waals surface area contributed by atoms with Gasteiger partial charge in [-0.2, -0.15) is 0 Å². The maximum Gasteiger partial charge on any atom is 0.292 e. The molecular weight excluding hydrogens is 363 g/mol. The Morgan fingerprint density at radius 3 is 2.56 bits per heavy atom. The maximum absolute atomic E-state index is 12.7. The minimum atomic E-state index is -0.106. The molecule has 2 atom stereocenters. The zero-order valence-corrected chi connectivity index (χ0v) is 15.6. The highest BCUT2D eigenvalue weighted by atomic mass is 35.5. The SMILES string of the molecule is CN(C(=O)c1cc(-c2ccccn2)no1)C1CC2CCC(C1)N2.Cl.Cl. The number of rotatable bonds is 3. The molecule has 25 heavy (non-hydrogen) atoms. The molecule has 2 unspecified atom stereocenters. The van der Waals surface area contributed by atoms with Gasteiger partial charge in [-0.3, -0.25) is 9.78 Å². The largest absolute Gasteiger partial charge is 0.350 e. The number of carbonyl (C=O) groups excluding carboxylic acids is 1. The number of hydrogen-bond donors (Lipinski definition) is 1. The number of pyridine rings is 1. The van der Waals surface area contributed by atoms with Gasteiger partial charge >= 0.3 is 0 Å². The van der Waals surface area contributed by atoms with E-state index in [0.29, 0.717) is 23.5 Å². The first-order valence-electron chi connectivity index (χ1n) is 8.12. The number of amides is 1. The number of carbonyl (C=O) groups is 1. The van der Waals surface area contributed by atoms with Crippen molar-refractivity contribution < 1.29 is 9.32 Å². The predicted molar refractivity (Wildman–Crippen MR) is 99.3 cm³/mol. The molecule has 2 aromatic heterocycles. The normalized spacial score (nSPS) is 24.1. The second-order valence-electron chi connectivity index (χ2n) is 6.47. The molecule has 6 nitrogen and oxygen atoms in total. The lowest BCUT2D eigenvalue weighted by atomic mass is 9.98. The van der Waals surface area contributed by atoms with Crippen LogP contribution in [0.1, 0.15) is 36.2 Å². The Balaban J connectivity index is 0.00000113. The highest BCUT2D eigenvalue weighted by Gasteiger charge is 2.37. The minimum absolute atomic E-state index is 0. The predicted octanol–water partition coefficient (Wildman–Crippen LogP) is 2.94. The molecule has 2 aromatic rings. The van der Waals surface area contributed by atoms with Gasteiger partial charge in [0.25, 0.3) is 5.91 Å². The third-order valence-corrected chi connectivity index (χ3v) is 4.96. The fraction of sp³-hybridized carbons (Fsp3) is 0.471. The average Bonchev–Trinajstić information content (AvgIpc) is 3.21.